The highest BCUT2D eigenvalue weighted by Gasteiger charge is 2.36. The van der Waals surface area contributed by atoms with Crippen molar-refractivity contribution in [3.63, 3.8) is 0 Å². The van der Waals surface area contributed by atoms with E-state index in [-0.39, 0.29) is 0 Å². The summed E-state index contributed by atoms with van der Waals surface area (Å²) in [6.45, 7) is 2.25. The highest BCUT2D eigenvalue weighted by molar-refractivity contribution is 9.10. The maximum absolute atomic E-state index is 4.62. The quantitative estimate of drug-likeness (QED) is 0.842. The second kappa shape index (κ2) is 4.56. The summed E-state index contributed by atoms with van der Waals surface area (Å²) in [5.41, 5.74) is 0. The standard InChI is InChI=1S/C13H18BrN3/c1-2-3-9-6-10(9)15-12-7-11(14)16-13(17-12)8-4-5-8/h7-10H,2-6H2,1H3,(H,15,16,17). The lowest BCUT2D eigenvalue weighted by Gasteiger charge is -2.07. The number of rotatable bonds is 5. The first kappa shape index (κ1) is 11.5. The molecule has 0 bridgehead atoms. The molecule has 1 aromatic rings. The minimum absolute atomic E-state index is 0.610. The Balaban J connectivity index is 1.66. The summed E-state index contributed by atoms with van der Waals surface area (Å²) in [5, 5.41) is 3.53. The number of nitrogens with zero attached hydrogens (tertiary/aromatic N) is 2. The van der Waals surface area contributed by atoms with Gasteiger partial charge in [-0.2, -0.15) is 0 Å². The van der Waals surface area contributed by atoms with Crippen molar-refractivity contribution in [2.45, 2.75) is 51.0 Å². The molecule has 2 unspecified atom stereocenters. The zero-order chi connectivity index (χ0) is 11.8. The van der Waals surface area contributed by atoms with E-state index in [0.29, 0.717) is 12.0 Å². The highest BCUT2D eigenvalue weighted by atomic mass is 79.9. The molecule has 2 saturated carbocycles. The van der Waals surface area contributed by atoms with Crippen LogP contribution in [0.15, 0.2) is 10.7 Å². The molecule has 0 spiro atoms. The van der Waals surface area contributed by atoms with Gasteiger partial charge in [0, 0.05) is 18.0 Å². The van der Waals surface area contributed by atoms with Crippen LogP contribution in [0.25, 0.3) is 0 Å². The normalized spacial score (nSPS) is 26.9. The van der Waals surface area contributed by atoms with Crippen LogP contribution in [0.4, 0.5) is 5.82 Å². The van der Waals surface area contributed by atoms with Gasteiger partial charge in [0.15, 0.2) is 0 Å². The minimum atomic E-state index is 0.610. The van der Waals surface area contributed by atoms with Crippen LogP contribution in [0.3, 0.4) is 0 Å². The topological polar surface area (TPSA) is 37.8 Å². The van der Waals surface area contributed by atoms with Gasteiger partial charge in [0.25, 0.3) is 0 Å². The van der Waals surface area contributed by atoms with Gasteiger partial charge >= 0.3 is 0 Å². The van der Waals surface area contributed by atoms with Crippen LogP contribution in [0.5, 0.6) is 0 Å². The third-order valence-corrected chi connectivity index (χ3v) is 3.98. The van der Waals surface area contributed by atoms with E-state index in [4.69, 9.17) is 0 Å². The summed E-state index contributed by atoms with van der Waals surface area (Å²) in [4.78, 5) is 9.06. The third kappa shape index (κ3) is 2.79. The molecule has 4 heteroatoms. The Morgan fingerprint density at radius 2 is 2.24 bits per heavy atom. The number of anilines is 1. The van der Waals surface area contributed by atoms with Gasteiger partial charge < -0.3 is 5.32 Å². The molecule has 2 aliphatic carbocycles. The first-order valence-corrected chi connectivity index (χ1v) is 7.36. The molecule has 0 aromatic carbocycles. The Bertz CT molecular complexity index is 417. The summed E-state index contributed by atoms with van der Waals surface area (Å²) in [7, 11) is 0. The van der Waals surface area contributed by atoms with Gasteiger partial charge in [-0.25, -0.2) is 9.97 Å². The Kier molecular flexibility index (Phi) is 3.07. The molecule has 92 valence electrons. The fourth-order valence-electron chi connectivity index (χ4n) is 2.34. The van der Waals surface area contributed by atoms with Crippen LogP contribution < -0.4 is 5.32 Å². The average molecular weight is 296 g/mol. The molecule has 0 saturated heterocycles. The zero-order valence-corrected chi connectivity index (χ0v) is 11.7. The third-order valence-electron chi connectivity index (χ3n) is 3.57. The molecule has 2 fully saturated rings. The van der Waals surface area contributed by atoms with Crippen molar-refractivity contribution in [1.29, 1.82) is 0 Å². The van der Waals surface area contributed by atoms with Crippen molar-refractivity contribution in [2.24, 2.45) is 5.92 Å². The van der Waals surface area contributed by atoms with Gasteiger partial charge in [0.2, 0.25) is 0 Å². The number of halogens is 1. The van der Waals surface area contributed by atoms with Gasteiger partial charge in [-0.05, 0) is 47.5 Å². The van der Waals surface area contributed by atoms with Gasteiger partial charge in [0.05, 0.1) is 0 Å². The maximum Gasteiger partial charge on any atom is 0.135 e. The van der Waals surface area contributed by atoms with Gasteiger partial charge in [-0.15, -0.1) is 0 Å². The molecule has 1 aromatic heterocycles. The monoisotopic (exact) mass is 295 g/mol. The Morgan fingerprint density at radius 3 is 2.94 bits per heavy atom. The largest absolute Gasteiger partial charge is 0.367 e. The molecule has 2 atom stereocenters. The van der Waals surface area contributed by atoms with Crippen LogP contribution in [0.1, 0.15) is 50.8 Å². The van der Waals surface area contributed by atoms with Crippen molar-refractivity contribution in [3.05, 3.63) is 16.5 Å². The summed E-state index contributed by atoms with van der Waals surface area (Å²) in [5.74, 6) is 3.48. The molecule has 0 aliphatic heterocycles. The molecule has 0 radical (unpaired) electrons. The fourth-order valence-corrected chi connectivity index (χ4v) is 2.74. The summed E-state index contributed by atoms with van der Waals surface area (Å²) >= 11 is 3.47. The molecule has 0 amide bonds. The molecule has 17 heavy (non-hydrogen) atoms. The summed E-state index contributed by atoms with van der Waals surface area (Å²) in [6.07, 6.45) is 6.41. The SMILES string of the molecule is CCCC1CC1Nc1cc(Br)nc(C2CC2)n1. The lowest BCUT2D eigenvalue weighted by Crippen LogP contribution is -2.08. The number of aromatic nitrogens is 2. The molecule has 2 aliphatic rings. The van der Waals surface area contributed by atoms with E-state index in [1.54, 1.807) is 0 Å². The van der Waals surface area contributed by atoms with Crippen LogP contribution in [-0.2, 0) is 0 Å². The van der Waals surface area contributed by atoms with Gasteiger partial charge in [-0.3, -0.25) is 0 Å². The van der Waals surface area contributed by atoms with Crippen molar-refractivity contribution in [2.75, 3.05) is 5.32 Å². The average Bonchev–Trinajstić information content (AvgIpc) is 3.13. The van der Waals surface area contributed by atoms with Crippen molar-refractivity contribution >= 4 is 21.7 Å². The van der Waals surface area contributed by atoms with E-state index >= 15 is 0 Å². The number of hydrogen-bond acceptors (Lipinski definition) is 3. The van der Waals surface area contributed by atoms with Crippen molar-refractivity contribution in [1.82, 2.24) is 9.97 Å². The lowest BCUT2D eigenvalue weighted by atomic mass is 10.2. The summed E-state index contributed by atoms with van der Waals surface area (Å²) < 4.78 is 0.907. The maximum atomic E-state index is 4.62. The number of hydrogen-bond donors (Lipinski definition) is 1. The van der Waals surface area contributed by atoms with Crippen LogP contribution in [0, 0.1) is 5.92 Å². The van der Waals surface area contributed by atoms with Crippen LogP contribution in [-0.4, -0.2) is 16.0 Å². The Hall–Kier alpha value is -0.640. The fraction of sp³-hybridized carbons (Fsp3) is 0.692. The second-order valence-electron chi connectivity index (χ2n) is 5.24. The molecular weight excluding hydrogens is 278 g/mol. The van der Waals surface area contributed by atoms with E-state index < -0.39 is 0 Å². The number of nitrogens with one attached hydrogen (secondary N) is 1. The summed E-state index contributed by atoms with van der Waals surface area (Å²) in [6, 6.07) is 2.64. The first-order chi connectivity index (χ1) is 8.26. The minimum Gasteiger partial charge on any atom is -0.367 e. The zero-order valence-electron chi connectivity index (χ0n) is 10.1. The van der Waals surface area contributed by atoms with Gasteiger partial charge in [0.1, 0.15) is 16.2 Å². The van der Waals surface area contributed by atoms with Crippen LogP contribution in [0.2, 0.25) is 0 Å². The van der Waals surface area contributed by atoms with E-state index in [1.807, 2.05) is 6.07 Å². The van der Waals surface area contributed by atoms with E-state index in [9.17, 15) is 0 Å². The van der Waals surface area contributed by atoms with Crippen LogP contribution >= 0.6 is 15.9 Å². The second-order valence-corrected chi connectivity index (χ2v) is 6.06. The molecule has 3 rings (SSSR count). The van der Waals surface area contributed by atoms with E-state index in [1.165, 1.54) is 32.1 Å². The molecule has 1 heterocycles. The molecular formula is C13H18BrN3. The van der Waals surface area contributed by atoms with E-state index in [2.05, 4.69) is 38.1 Å². The molecule has 1 N–H and O–H groups in total. The Labute approximate surface area is 111 Å². The predicted octanol–water partition coefficient (Wildman–Crippen LogP) is 3.72. The first-order valence-electron chi connectivity index (χ1n) is 6.57. The molecule has 3 nitrogen and oxygen atoms in total. The highest BCUT2D eigenvalue weighted by Crippen LogP contribution is 2.40. The Morgan fingerprint density at radius 1 is 1.41 bits per heavy atom. The lowest BCUT2D eigenvalue weighted by molar-refractivity contribution is 0.691. The predicted molar refractivity (Wildman–Crippen MR) is 72.1 cm³/mol. The van der Waals surface area contributed by atoms with Gasteiger partial charge in [-0.1, -0.05) is 13.3 Å². The van der Waals surface area contributed by atoms with Crippen molar-refractivity contribution in [3.8, 4) is 0 Å². The van der Waals surface area contributed by atoms with E-state index in [0.717, 1.165) is 22.2 Å². The smallest absolute Gasteiger partial charge is 0.135 e. The van der Waals surface area contributed by atoms with Crippen molar-refractivity contribution < 1.29 is 0 Å².